The van der Waals surface area contributed by atoms with Gasteiger partial charge in [-0.15, -0.1) is 0 Å². The molecule has 0 bridgehead atoms. The van der Waals surface area contributed by atoms with Gasteiger partial charge in [0.05, 0.1) is 10.1 Å². The summed E-state index contributed by atoms with van der Waals surface area (Å²) in [6.45, 7) is 2.38. The quantitative estimate of drug-likeness (QED) is 0.386. The number of nitrogens with one attached hydrogen (secondary N) is 1. The molecule has 0 radical (unpaired) electrons. The Morgan fingerprint density at radius 2 is 1.46 bits per heavy atom. The highest BCUT2D eigenvalue weighted by Crippen LogP contribution is 2.28. The van der Waals surface area contributed by atoms with Gasteiger partial charge in [-0.2, -0.15) is 0 Å². The summed E-state index contributed by atoms with van der Waals surface area (Å²) >= 11 is 6.74. The number of rotatable bonds is 4. The number of halogens is 2. The summed E-state index contributed by atoms with van der Waals surface area (Å²) < 4.78 is 27.7. The van der Waals surface area contributed by atoms with Crippen LogP contribution in [0, 0.1) is 6.92 Å². The molecule has 0 atom stereocenters. The molecule has 1 fully saturated rings. The van der Waals surface area contributed by atoms with Crippen LogP contribution >= 0.6 is 31.9 Å². The van der Waals surface area contributed by atoms with E-state index in [0.29, 0.717) is 18.5 Å². The zero-order valence-corrected chi connectivity index (χ0v) is 23.0. The van der Waals surface area contributed by atoms with Gasteiger partial charge < -0.3 is 10.2 Å². The number of carbonyl (C=O) groups is 2. The van der Waals surface area contributed by atoms with E-state index in [-0.39, 0.29) is 18.0 Å². The van der Waals surface area contributed by atoms with Crippen LogP contribution in [-0.2, 0) is 19.4 Å². The number of hydrogen-bond acceptors (Lipinski definition) is 4. The fourth-order valence-corrected chi connectivity index (χ4v) is 6.47. The molecule has 1 N–H and O–H groups in total. The van der Waals surface area contributed by atoms with Gasteiger partial charge in [0.25, 0.3) is 0 Å². The van der Waals surface area contributed by atoms with Crippen molar-refractivity contribution >= 4 is 59.2 Å². The minimum Gasteiger partial charge on any atom is -0.334 e. The number of anilines is 1. The number of carbonyl (C=O) groups excluding carboxylic acids is 2. The molecule has 3 aromatic rings. The summed E-state index contributed by atoms with van der Waals surface area (Å²) in [7, 11) is -3.49. The first-order valence-electron chi connectivity index (χ1n) is 11.1. The molecule has 1 aliphatic heterocycles. The molecule has 0 aliphatic carbocycles. The zero-order valence-electron chi connectivity index (χ0n) is 19.0. The first kappa shape index (κ1) is 25.6. The van der Waals surface area contributed by atoms with Crippen molar-refractivity contribution in [2.45, 2.75) is 29.9 Å². The lowest BCUT2D eigenvalue weighted by Crippen LogP contribution is -2.46. The highest BCUT2D eigenvalue weighted by Gasteiger charge is 2.34. The van der Waals surface area contributed by atoms with E-state index < -0.39 is 26.9 Å². The van der Waals surface area contributed by atoms with E-state index in [1.165, 1.54) is 4.90 Å². The van der Waals surface area contributed by atoms with Gasteiger partial charge in [-0.3, -0.25) is 9.59 Å². The van der Waals surface area contributed by atoms with Gasteiger partial charge in [-0.25, -0.2) is 8.42 Å². The summed E-state index contributed by atoms with van der Waals surface area (Å²) in [4.78, 5) is 27.0. The molecular formula is C26H24Br2N2O4S. The number of piperidine rings is 1. The van der Waals surface area contributed by atoms with Crippen LogP contribution in [-0.4, -0.2) is 43.5 Å². The number of benzene rings is 3. The Morgan fingerprint density at radius 1 is 0.886 bits per heavy atom. The van der Waals surface area contributed by atoms with Crippen molar-refractivity contribution in [3.05, 3.63) is 81.2 Å². The van der Waals surface area contributed by atoms with Crippen LogP contribution in [0.5, 0.6) is 0 Å². The van der Waals surface area contributed by atoms with Crippen LogP contribution in [0.1, 0.15) is 18.4 Å². The third-order valence-corrected chi connectivity index (χ3v) is 9.48. The SMILES string of the molecule is Cc1cc(NC(=O)C(=O)N2CCC(S(=O)(=O)c3ccc(Br)cc3)CC2)ccc1-c1ccc(Br)cc1. The predicted molar refractivity (Wildman–Crippen MR) is 144 cm³/mol. The van der Waals surface area contributed by atoms with Gasteiger partial charge in [0.1, 0.15) is 0 Å². The predicted octanol–water partition coefficient (Wildman–Crippen LogP) is 5.59. The first-order chi connectivity index (χ1) is 16.6. The molecule has 4 rings (SSSR count). The van der Waals surface area contributed by atoms with E-state index in [1.807, 2.05) is 43.3 Å². The van der Waals surface area contributed by atoms with Crippen molar-refractivity contribution in [1.29, 1.82) is 0 Å². The average Bonchev–Trinajstić information content (AvgIpc) is 2.85. The summed E-state index contributed by atoms with van der Waals surface area (Å²) in [5.74, 6) is -1.38. The Kier molecular flexibility index (Phi) is 7.78. The second-order valence-electron chi connectivity index (χ2n) is 8.48. The standard InChI is InChI=1S/C26H24Br2N2O4S/c1-17-16-21(8-11-24(17)18-2-4-19(27)5-3-18)29-25(31)26(32)30-14-12-23(13-15-30)35(33,34)22-9-6-20(28)7-10-22/h2-11,16,23H,12-15H2,1H3,(H,29,31). The van der Waals surface area contributed by atoms with E-state index >= 15 is 0 Å². The molecule has 0 spiro atoms. The Morgan fingerprint density at radius 3 is 2.03 bits per heavy atom. The smallest absolute Gasteiger partial charge is 0.313 e. The van der Waals surface area contributed by atoms with E-state index in [4.69, 9.17) is 0 Å². The molecule has 9 heteroatoms. The van der Waals surface area contributed by atoms with E-state index in [2.05, 4.69) is 37.2 Å². The molecule has 6 nitrogen and oxygen atoms in total. The fourth-order valence-electron chi connectivity index (χ4n) is 4.21. The second-order valence-corrected chi connectivity index (χ2v) is 12.5. The lowest BCUT2D eigenvalue weighted by atomic mass is 10.00. The molecule has 1 aliphatic rings. The topological polar surface area (TPSA) is 83.6 Å². The van der Waals surface area contributed by atoms with Gasteiger partial charge in [0.15, 0.2) is 9.84 Å². The second kappa shape index (κ2) is 10.6. The summed E-state index contributed by atoms with van der Waals surface area (Å²) in [5.41, 5.74) is 3.60. The first-order valence-corrected chi connectivity index (χ1v) is 14.2. The summed E-state index contributed by atoms with van der Waals surface area (Å²) in [5, 5.41) is 2.10. The third kappa shape index (κ3) is 5.85. The minimum atomic E-state index is -3.49. The highest BCUT2D eigenvalue weighted by atomic mass is 79.9. The van der Waals surface area contributed by atoms with Crippen molar-refractivity contribution in [2.24, 2.45) is 0 Å². The molecule has 0 unspecified atom stereocenters. The molecule has 1 saturated heterocycles. The van der Waals surface area contributed by atoms with Crippen molar-refractivity contribution in [3.63, 3.8) is 0 Å². The van der Waals surface area contributed by atoms with Crippen LogP contribution in [0.3, 0.4) is 0 Å². The van der Waals surface area contributed by atoms with Gasteiger partial charge in [-0.05, 0) is 85.0 Å². The molecule has 2 amide bonds. The molecule has 3 aromatic carbocycles. The third-order valence-electron chi connectivity index (χ3n) is 6.14. The van der Waals surface area contributed by atoms with Crippen LogP contribution in [0.25, 0.3) is 11.1 Å². The van der Waals surface area contributed by atoms with Gasteiger partial charge in [0.2, 0.25) is 0 Å². The van der Waals surface area contributed by atoms with Crippen LogP contribution < -0.4 is 5.32 Å². The van der Waals surface area contributed by atoms with Gasteiger partial charge in [-0.1, -0.05) is 50.1 Å². The van der Waals surface area contributed by atoms with Gasteiger partial charge in [0, 0.05) is 27.7 Å². The van der Waals surface area contributed by atoms with Crippen LogP contribution in [0.4, 0.5) is 5.69 Å². The van der Waals surface area contributed by atoms with Crippen molar-refractivity contribution in [3.8, 4) is 11.1 Å². The Hall–Kier alpha value is -2.49. The maximum atomic E-state index is 12.9. The average molecular weight is 620 g/mol. The maximum Gasteiger partial charge on any atom is 0.313 e. The van der Waals surface area contributed by atoms with Gasteiger partial charge >= 0.3 is 11.8 Å². The normalized spacial score (nSPS) is 14.5. The zero-order chi connectivity index (χ0) is 25.2. The van der Waals surface area contributed by atoms with Crippen LogP contribution in [0.2, 0.25) is 0 Å². The number of nitrogens with zero attached hydrogens (tertiary/aromatic N) is 1. The number of sulfone groups is 1. The molecule has 182 valence electrons. The molecular weight excluding hydrogens is 596 g/mol. The molecule has 1 heterocycles. The number of hydrogen-bond donors (Lipinski definition) is 1. The number of amides is 2. The number of likely N-dealkylation sites (tertiary alicyclic amines) is 1. The monoisotopic (exact) mass is 618 g/mol. The lowest BCUT2D eigenvalue weighted by Gasteiger charge is -2.31. The van der Waals surface area contributed by atoms with E-state index in [1.54, 1.807) is 30.3 Å². The van der Waals surface area contributed by atoms with Crippen molar-refractivity contribution < 1.29 is 18.0 Å². The molecule has 35 heavy (non-hydrogen) atoms. The largest absolute Gasteiger partial charge is 0.334 e. The van der Waals surface area contributed by atoms with Crippen molar-refractivity contribution in [1.82, 2.24) is 4.90 Å². The van der Waals surface area contributed by atoms with Crippen LogP contribution in [0.15, 0.2) is 80.6 Å². The molecule has 0 aromatic heterocycles. The Bertz CT molecular complexity index is 1350. The fraction of sp³-hybridized carbons (Fsp3) is 0.231. The highest BCUT2D eigenvalue weighted by molar-refractivity contribution is 9.10. The molecule has 0 saturated carbocycles. The Balaban J connectivity index is 1.36. The van der Waals surface area contributed by atoms with Crippen molar-refractivity contribution in [2.75, 3.05) is 18.4 Å². The Labute approximate surface area is 221 Å². The maximum absolute atomic E-state index is 12.9. The lowest BCUT2D eigenvalue weighted by molar-refractivity contribution is -0.143. The van der Waals surface area contributed by atoms with E-state index in [0.717, 1.165) is 25.6 Å². The van der Waals surface area contributed by atoms with E-state index in [9.17, 15) is 18.0 Å². The summed E-state index contributed by atoms with van der Waals surface area (Å²) in [6, 6.07) is 20.0. The summed E-state index contributed by atoms with van der Waals surface area (Å²) in [6.07, 6.45) is 0.580. The minimum absolute atomic E-state index is 0.216. The number of aryl methyl sites for hydroxylation is 1.